The molecule has 2 aliphatic carbocycles. The van der Waals surface area contributed by atoms with Gasteiger partial charge in [0.15, 0.2) is 0 Å². The maximum Gasteiger partial charge on any atom is 0.408 e. The quantitative estimate of drug-likeness (QED) is 0.294. The number of benzene rings is 1. The van der Waals surface area contributed by atoms with Gasteiger partial charge in [0.25, 0.3) is 0 Å². The van der Waals surface area contributed by atoms with Crippen LogP contribution in [0.25, 0.3) is 0 Å². The molecule has 0 unspecified atom stereocenters. The third kappa shape index (κ3) is 10.4. The molecule has 3 N–H and O–H groups in total. The third-order valence-electron chi connectivity index (χ3n) is 10.5. The van der Waals surface area contributed by atoms with Crippen molar-refractivity contribution in [2.75, 3.05) is 19.6 Å². The van der Waals surface area contributed by atoms with E-state index in [0.717, 1.165) is 63.7 Å². The molecule has 11 nitrogen and oxygen atoms in total. The van der Waals surface area contributed by atoms with Gasteiger partial charge in [0, 0.05) is 36.7 Å². The monoisotopic (exact) mass is 683 g/mol. The van der Waals surface area contributed by atoms with E-state index in [1.165, 1.54) is 32.1 Å². The van der Waals surface area contributed by atoms with Crippen LogP contribution in [0.2, 0.25) is 5.02 Å². The number of rotatable bonds is 11. The van der Waals surface area contributed by atoms with Crippen LogP contribution in [0.5, 0.6) is 0 Å². The van der Waals surface area contributed by atoms with Gasteiger partial charge in [-0.3, -0.25) is 14.3 Å². The van der Waals surface area contributed by atoms with Crippen molar-refractivity contribution in [1.29, 1.82) is 0 Å². The van der Waals surface area contributed by atoms with Gasteiger partial charge in [-0.1, -0.05) is 43.0 Å². The summed E-state index contributed by atoms with van der Waals surface area (Å²) in [5, 5.41) is 14.4. The lowest BCUT2D eigenvalue weighted by molar-refractivity contribution is -0.137. The Kier molecular flexibility index (Phi) is 12.4. The predicted octanol–water partition coefficient (Wildman–Crippen LogP) is 5.27. The Bertz CT molecular complexity index is 1330. The molecule has 0 bridgehead atoms. The summed E-state index contributed by atoms with van der Waals surface area (Å²) in [5.41, 5.74) is 0.587. The highest BCUT2D eigenvalue weighted by Crippen LogP contribution is 2.47. The van der Waals surface area contributed by atoms with E-state index >= 15 is 0 Å². The lowest BCUT2D eigenvalue weighted by atomic mass is 9.63. The van der Waals surface area contributed by atoms with E-state index in [9.17, 15) is 14.4 Å². The van der Waals surface area contributed by atoms with Gasteiger partial charge in [-0.15, -0.1) is 0 Å². The molecule has 3 fully saturated rings. The number of hydrogen-bond donors (Lipinski definition) is 3. The van der Waals surface area contributed by atoms with Crippen molar-refractivity contribution >= 4 is 29.5 Å². The molecule has 1 aliphatic heterocycles. The topological polar surface area (TPSA) is 130 Å². The first kappa shape index (κ1) is 36.1. The number of halogens is 1. The average Bonchev–Trinajstić information content (AvgIpc) is 3.58. The van der Waals surface area contributed by atoms with Gasteiger partial charge in [0.05, 0.1) is 6.04 Å². The average molecular weight is 684 g/mol. The van der Waals surface area contributed by atoms with Crippen LogP contribution < -0.4 is 16.0 Å². The zero-order valence-electron chi connectivity index (χ0n) is 28.9. The van der Waals surface area contributed by atoms with E-state index in [2.05, 4.69) is 30.9 Å². The highest BCUT2D eigenvalue weighted by Gasteiger charge is 2.44. The Morgan fingerprint density at radius 1 is 0.979 bits per heavy atom. The zero-order valence-corrected chi connectivity index (χ0v) is 29.6. The minimum atomic E-state index is -0.620. The maximum atomic E-state index is 14.3. The number of likely N-dealkylation sites (tertiary alicyclic amines) is 1. The molecule has 3 aliphatic rings. The normalized spacial score (nSPS) is 22.5. The Balaban J connectivity index is 1.17. The van der Waals surface area contributed by atoms with E-state index in [0.29, 0.717) is 17.4 Å². The van der Waals surface area contributed by atoms with Crippen LogP contribution in [-0.2, 0) is 27.3 Å². The van der Waals surface area contributed by atoms with E-state index < -0.39 is 11.7 Å². The number of nitrogens with zero attached hydrogens (tertiary/aromatic N) is 4. The van der Waals surface area contributed by atoms with Crippen molar-refractivity contribution in [3.63, 3.8) is 0 Å². The van der Waals surface area contributed by atoms with Gasteiger partial charge in [0.1, 0.15) is 24.8 Å². The van der Waals surface area contributed by atoms with Crippen LogP contribution in [0.15, 0.2) is 36.9 Å². The fraction of sp³-hybridized carbons (Fsp3) is 0.694. The lowest BCUT2D eigenvalue weighted by Gasteiger charge is -2.48. The SMILES string of the molecule is CC(C)(C)OC(=O)NCC(=O)NC1CCC(N[C@H](Cc2ccc(Cl)cc2)C(=O)N2CCC(Cn3cncn3)(C3CCCCC3)CC2)CC1. The third-order valence-corrected chi connectivity index (χ3v) is 10.7. The molecule has 1 atom stereocenters. The second-order valence-corrected chi connectivity index (χ2v) is 15.6. The lowest BCUT2D eigenvalue weighted by Crippen LogP contribution is -2.56. The Labute approximate surface area is 290 Å². The smallest absolute Gasteiger partial charge is 0.408 e. The number of piperidine rings is 1. The van der Waals surface area contributed by atoms with Gasteiger partial charge < -0.3 is 25.6 Å². The summed E-state index contributed by atoms with van der Waals surface area (Å²) in [6.45, 7) is 7.58. The molecule has 2 aromatic rings. The summed E-state index contributed by atoms with van der Waals surface area (Å²) >= 11 is 6.18. The first-order valence-corrected chi connectivity index (χ1v) is 18.2. The largest absolute Gasteiger partial charge is 0.444 e. The molecular weight excluding hydrogens is 630 g/mol. The standard InChI is InChI=1S/C36H54ClN7O4/c1-35(2,3)48-34(47)39-22-32(45)42-30-15-13-29(14-16-30)41-31(21-26-9-11-28(37)12-10-26)33(46)43-19-17-36(18-20-43,23-44-25-38-24-40-44)27-7-5-4-6-8-27/h9-12,24-25,27,29-31,41H,4-8,13-23H2,1-3H3,(H,39,47)(H,42,45)/t29?,30?,31-/m1/s1. The number of aromatic nitrogens is 3. The molecule has 1 saturated heterocycles. The first-order chi connectivity index (χ1) is 23.0. The van der Waals surface area contributed by atoms with Crippen molar-refractivity contribution in [2.24, 2.45) is 11.3 Å². The second-order valence-electron chi connectivity index (χ2n) is 15.1. The number of alkyl carbamates (subject to hydrolysis) is 1. The summed E-state index contributed by atoms with van der Waals surface area (Å²) in [5.74, 6) is 0.581. The van der Waals surface area contributed by atoms with Crippen molar-refractivity contribution in [3.05, 3.63) is 47.5 Å². The first-order valence-electron chi connectivity index (χ1n) is 17.9. The Hall–Kier alpha value is -3.18. The zero-order chi connectivity index (χ0) is 34.1. The molecule has 5 rings (SSSR count). The van der Waals surface area contributed by atoms with Crippen molar-refractivity contribution < 1.29 is 19.1 Å². The molecule has 12 heteroatoms. The van der Waals surface area contributed by atoms with Gasteiger partial charge in [-0.05, 0) is 108 Å². The Morgan fingerprint density at radius 3 is 2.27 bits per heavy atom. The van der Waals surface area contributed by atoms with Crippen LogP contribution in [0.3, 0.4) is 0 Å². The molecule has 2 heterocycles. The van der Waals surface area contributed by atoms with Crippen molar-refractivity contribution in [2.45, 2.75) is 128 Å². The molecular formula is C36H54ClN7O4. The summed E-state index contributed by atoms with van der Waals surface area (Å²) < 4.78 is 7.21. The van der Waals surface area contributed by atoms with E-state index in [1.54, 1.807) is 27.1 Å². The maximum absolute atomic E-state index is 14.3. The number of hydrogen-bond acceptors (Lipinski definition) is 7. The van der Waals surface area contributed by atoms with Crippen LogP contribution in [-0.4, -0.2) is 80.9 Å². The summed E-state index contributed by atoms with van der Waals surface area (Å²) in [6.07, 6.45) is 15.1. The molecule has 264 valence electrons. The summed E-state index contributed by atoms with van der Waals surface area (Å²) in [6, 6.07) is 7.62. The molecule has 0 spiro atoms. The highest BCUT2D eigenvalue weighted by molar-refractivity contribution is 6.30. The fourth-order valence-corrected chi connectivity index (χ4v) is 8.07. The number of carbonyl (C=O) groups is 3. The molecule has 0 radical (unpaired) electrons. The van der Waals surface area contributed by atoms with Crippen molar-refractivity contribution in [1.82, 2.24) is 35.6 Å². The summed E-state index contributed by atoms with van der Waals surface area (Å²) in [4.78, 5) is 45.0. The second kappa shape index (κ2) is 16.5. The van der Waals surface area contributed by atoms with Crippen LogP contribution in [0.1, 0.15) is 97.0 Å². The fourth-order valence-electron chi connectivity index (χ4n) is 7.95. The molecule has 1 aromatic carbocycles. The highest BCUT2D eigenvalue weighted by atomic mass is 35.5. The van der Waals surface area contributed by atoms with Crippen LogP contribution in [0.4, 0.5) is 4.79 Å². The van der Waals surface area contributed by atoms with Gasteiger partial charge in [-0.2, -0.15) is 5.10 Å². The van der Waals surface area contributed by atoms with Crippen LogP contribution >= 0.6 is 11.6 Å². The number of carbonyl (C=O) groups excluding carboxylic acids is 3. The van der Waals surface area contributed by atoms with Crippen molar-refractivity contribution in [3.8, 4) is 0 Å². The predicted molar refractivity (Wildman–Crippen MR) is 185 cm³/mol. The van der Waals surface area contributed by atoms with Crippen LogP contribution in [0, 0.1) is 11.3 Å². The van der Waals surface area contributed by atoms with E-state index in [-0.39, 0.29) is 41.9 Å². The number of nitrogens with one attached hydrogen (secondary N) is 3. The molecule has 3 amide bonds. The molecule has 48 heavy (non-hydrogen) atoms. The van der Waals surface area contributed by atoms with Gasteiger partial charge >= 0.3 is 6.09 Å². The molecule has 2 saturated carbocycles. The number of amides is 3. The summed E-state index contributed by atoms with van der Waals surface area (Å²) in [7, 11) is 0. The van der Waals surface area contributed by atoms with Gasteiger partial charge in [-0.25, -0.2) is 9.78 Å². The van der Waals surface area contributed by atoms with Gasteiger partial charge in [0.2, 0.25) is 11.8 Å². The van der Waals surface area contributed by atoms with E-state index in [1.807, 2.05) is 35.3 Å². The van der Waals surface area contributed by atoms with E-state index in [4.69, 9.17) is 16.3 Å². The minimum absolute atomic E-state index is 0.0291. The minimum Gasteiger partial charge on any atom is -0.444 e. The molecule has 1 aromatic heterocycles. The Morgan fingerprint density at radius 2 is 1.65 bits per heavy atom. The number of ether oxygens (including phenoxy) is 1.